The first-order chi connectivity index (χ1) is 13.5. The SMILES string of the molecule is COC(=O)Cc1ccc(Oc2ncnc(N3CCN(C)CC3)c2[N+](=O)[O-])cc1. The van der Waals surface area contributed by atoms with Crippen LogP contribution < -0.4 is 9.64 Å². The number of piperazine rings is 1. The Balaban J connectivity index is 1.83. The van der Waals surface area contributed by atoms with Gasteiger partial charge in [-0.1, -0.05) is 12.1 Å². The van der Waals surface area contributed by atoms with Gasteiger partial charge in [0.2, 0.25) is 5.82 Å². The Morgan fingerprint density at radius 3 is 2.46 bits per heavy atom. The van der Waals surface area contributed by atoms with Gasteiger partial charge < -0.3 is 19.3 Å². The van der Waals surface area contributed by atoms with E-state index in [1.165, 1.54) is 13.4 Å². The van der Waals surface area contributed by atoms with Crippen LogP contribution in [0.1, 0.15) is 5.56 Å². The number of anilines is 1. The van der Waals surface area contributed by atoms with Crippen molar-refractivity contribution in [3.8, 4) is 11.6 Å². The van der Waals surface area contributed by atoms with Crippen LogP contribution >= 0.6 is 0 Å². The number of carbonyl (C=O) groups is 1. The summed E-state index contributed by atoms with van der Waals surface area (Å²) < 4.78 is 10.3. The van der Waals surface area contributed by atoms with Gasteiger partial charge >= 0.3 is 17.5 Å². The van der Waals surface area contributed by atoms with E-state index in [1.54, 1.807) is 24.3 Å². The number of methoxy groups -OCH3 is 1. The number of likely N-dealkylation sites (N-methyl/N-ethyl adjacent to an activating group) is 1. The summed E-state index contributed by atoms with van der Waals surface area (Å²) in [6.07, 6.45) is 1.40. The summed E-state index contributed by atoms with van der Waals surface area (Å²) >= 11 is 0. The van der Waals surface area contributed by atoms with Crippen LogP contribution in [0.5, 0.6) is 11.6 Å². The van der Waals surface area contributed by atoms with Crippen molar-refractivity contribution in [2.45, 2.75) is 6.42 Å². The Hall–Kier alpha value is -3.27. The third-order valence-electron chi connectivity index (χ3n) is 4.47. The van der Waals surface area contributed by atoms with Gasteiger partial charge in [-0.2, -0.15) is 4.98 Å². The summed E-state index contributed by atoms with van der Waals surface area (Å²) in [6, 6.07) is 6.64. The second-order valence-electron chi connectivity index (χ2n) is 6.40. The maximum absolute atomic E-state index is 11.7. The zero-order valence-electron chi connectivity index (χ0n) is 15.7. The van der Waals surface area contributed by atoms with Crippen molar-refractivity contribution < 1.29 is 19.2 Å². The molecule has 0 bridgehead atoms. The highest BCUT2D eigenvalue weighted by molar-refractivity contribution is 5.72. The molecule has 2 heterocycles. The summed E-state index contributed by atoms with van der Waals surface area (Å²) in [7, 11) is 3.33. The maximum Gasteiger partial charge on any atom is 0.373 e. The Bertz CT molecular complexity index is 850. The van der Waals surface area contributed by atoms with Gasteiger partial charge in [-0.3, -0.25) is 14.9 Å². The number of benzene rings is 1. The fourth-order valence-corrected chi connectivity index (χ4v) is 2.86. The van der Waals surface area contributed by atoms with Crippen LogP contribution in [-0.2, 0) is 16.0 Å². The Morgan fingerprint density at radius 2 is 1.86 bits per heavy atom. The molecule has 1 fully saturated rings. The molecule has 0 atom stereocenters. The Labute approximate surface area is 161 Å². The number of nitrogens with zero attached hydrogens (tertiary/aromatic N) is 5. The van der Waals surface area contributed by atoms with E-state index in [2.05, 4.69) is 19.6 Å². The highest BCUT2D eigenvalue weighted by Crippen LogP contribution is 2.36. The number of aromatic nitrogens is 2. The van der Waals surface area contributed by atoms with E-state index in [-0.39, 0.29) is 29.8 Å². The van der Waals surface area contributed by atoms with Crippen molar-refractivity contribution in [2.75, 3.05) is 45.2 Å². The van der Waals surface area contributed by atoms with Crippen LogP contribution in [-0.4, -0.2) is 66.1 Å². The lowest BCUT2D eigenvalue weighted by molar-refractivity contribution is -0.385. The normalized spacial score (nSPS) is 14.6. The highest BCUT2D eigenvalue weighted by atomic mass is 16.6. The van der Waals surface area contributed by atoms with E-state index < -0.39 is 4.92 Å². The monoisotopic (exact) mass is 387 g/mol. The molecule has 148 valence electrons. The molecule has 2 aromatic rings. The Morgan fingerprint density at radius 1 is 1.18 bits per heavy atom. The number of nitro groups is 1. The molecule has 1 aliphatic heterocycles. The van der Waals surface area contributed by atoms with Crippen LogP contribution in [0.25, 0.3) is 0 Å². The summed E-state index contributed by atoms with van der Waals surface area (Å²) in [5, 5.41) is 11.7. The van der Waals surface area contributed by atoms with Gasteiger partial charge in [0.05, 0.1) is 18.5 Å². The fourth-order valence-electron chi connectivity index (χ4n) is 2.86. The third kappa shape index (κ3) is 4.52. The second-order valence-corrected chi connectivity index (χ2v) is 6.40. The summed E-state index contributed by atoms with van der Waals surface area (Å²) in [5.41, 5.74) is 0.486. The topological polar surface area (TPSA) is 111 Å². The van der Waals surface area contributed by atoms with Gasteiger partial charge in [-0.05, 0) is 24.7 Å². The second kappa shape index (κ2) is 8.61. The molecule has 1 aromatic heterocycles. The molecule has 0 aliphatic carbocycles. The first kappa shape index (κ1) is 19.5. The molecule has 0 unspecified atom stereocenters. The summed E-state index contributed by atoms with van der Waals surface area (Å²) in [6.45, 7) is 2.85. The molecule has 1 aliphatic rings. The summed E-state index contributed by atoms with van der Waals surface area (Å²) in [5.74, 6) is 0.164. The zero-order valence-corrected chi connectivity index (χ0v) is 15.7. The molecular formula is C18H21N5O5. The molecule has 0 saturated carbocycles. The number of esters is 1. The molecule has 1 aromatic carbocycles. The molecular weight excluding hydrogens is 366 g/mol. The van der Waals surface area contributed by atoms with E-state index in [9.17, 15) is 14.9 Å². The van der Waals surface area contributed by atoms with E-state index >= 15 is 0 Å². The van der Waals surface area contributed by atoms with Gasteiger partial charge in [0, 0.05) is 26.2 Å². The molecule has 0 N–H and O–H groups in total. The first-order valence-electron chi connectivity index (χ1n) is 8.74. The first-order valence-corrected chi connectivity index (χ1v) is 8.74. The number of carbonyl (C=O) groups excluding carboxylic acids is 1. The van der Waals surface area contributed by atoms with Gasteiger partial charge in [-0.15, -0.1) is 0 Å². The number of hydrogen-bond acceptors (Lipinski definition) is 9. The van der Waals surface area contributed by atoms with Crippen LogP contribution in [0, 0.1) is 10.1 Å². The standard InChI is InChI=1S/C18H21N5O5/c1-21-7-9-22(10-8-21)17-16(23(25)26)18(20-12-19-17)28-14-5-3-13(4-6-14)11-15(24)27-2/h3-6,12H,7-11H2,1-2H3. The van der Waals surface area contributed by atoms with Gasteiger partial charge in [-0.25, -0.2) is 4.98 Å². The molecule has 1 saturated heterocycles. The lowest BCUT2D eigenvalue weighted by Gasteiger charge is -2.32. The van der Waals surface area contributed by atoms with E-state index in [0.717, 1.165) is 18.7 Å². The number of ether oxygens (including phenoxy) is 2. The van der Waals surface area contributed by atoms with Crippen molar-refractivity contribution in [3.63, 3.8) is 0 Å². The van der Waals surface area contributed by atoms with Crippen molar-refractivity contribution in [1.29, 1.82) is 0 Å². The van der Waals surface area contributed by atoms with E-state index in [0.29, 0.717) is 18.8 Å². The van der Waals surface area contributed by atoms with Crippen LogP contribution in [0.15, 0.2) is 30.6 Å². The van der Waals surface area contributed by atoms with E-state index in [1.807, 2.05) is 11.9 Å². The third-order valence-corrected chi connectivity index (χ3v) is 4.47. The quantitative estimate of drug-likeness (QED) is 0.415. The average molecular weight is 387 g/mol. The maximum atomic E-state index is 11.7. The molecule has 0 amide bonds. The van der Waals surface area contributed by atoms with Crippen LogP contribution in [0.3, 0.4) is 0 Å². The molecule has 10 heteroatoms. The van der Waals surface area contributed by atoms with Crippen molar-refractivity contribution in [3.05, 3.63) is 46.3 Å². The van der Waals surface area contributed by atoms with Crippen molar-refractivity contribution >= 4 is 17.5 Å². The fraction of sp³-hybridized carbons (Fsp3) is 0.389. The van der Waals surface area contributed by atoms with Crippen molar-refractivity contribution in [1.82, 2.24) is 14.9 Å². The predicted molar refractivity (Wildman–Crippen MR) is 101 cm³/mol. The average Bonchev–Trinajstić information content (AvgIpc) is 2.69. The lowest BCUT2D eigenvalue weighted by atomic mass is 10.1. The molecule has 0 radical (unpaired) electrons. The minimum atomic E-state index is -0.519. The predicted octanol–water partition coefficient (Wildman–Crippen LogP) is 1.64. The van der Waals surface area contributed by atoms with Crippen LogP contribution in [0.2, 0.25) is 0 Å². The molecule has 10 nitrogen and oxygen atoms in total. The van der Waals surface area contributed by atoms with Crippen molar-refractivity contribution in [2.24, 2.45) is 0 Å². The molecule has 28 heavy (non-hydrogen) atoms. The minimum Gasteiger partial charge on any atom is -0.469 e. The van der Waals surface area contributed by atoms with Gasteiger partial charge in [0.15, 0.2) is 0 Å². The van der Waals surface area contributed by atoms with Crippen LogP contribution in [0.4, 0.5) is 11.5 Å². The van der Waals surface area contributed by atoms with Gasteiger partial charge in [0.1, 0.15) is 12.1 Å². The smallest absolute Gasteiger partial charge is 0.373 e. The minimum absolute atomic E-state index is 0.116. The van der Waals surface area contributed by atoms with E-state index in [4.69, 9.17) is 4.74 Å². The summed E-state index contributed by atoms with van der Waals surface area (Å²) in [4.78, 5) is 34.6. The largest absolute Gasteiger partial charge is 0.469 e. The molecule has 0 spiro atoms. The number of rotatable bonds is 6. The zero-order chi connectivity index (χ0) is 20.1. The lowest BCUT2D eigenvalue weighted by Crippen LogP contribution is -2.45. The highest BCUT2D eigenvalue weighted by Gasteiger charge is 2.30. The van der Waals surface area contributed by atoms with Gasteiger partial charge in [0.25, 0.3) is 0 Å². The number of hydrogen-bond donors (Lipinski definition) is 0. The Kier molecular flexibility index (Phi) is 5.99. The molecule has 3 rings (SSSR count).